The van der Waals surface area contributed by atoms with Gasteiger partial charge in [-0.3, -0.25) is 19.7 Å². The number of H-pyrrole nitrogens is 1. The topological polar surface area (TPSA) is 151 Å². The van der Waals surface area contributed by atoms with Crippen molar-refractivity contribution in [2.24, 2.45) is 0 Å². The molecule has 12 nitrogen and oxygen atoms in total. The summed E-state index contributed by atoms with van der Waals surface area (Å²) in [5.74, 6) is 0.622. The van der Waals surface area contributed by atoms with Crippen LogP contribution in [0.5, 0.6) is 0 Å². The van der Waals surface area contributed by atoms with Crippen molar-refractivity contribution in [1.29, 1.82) is 0 Å². The molecule has 40 heavy (non-hydrogen) atoms. The zero-order chi connectivity index (χ0) is 27.4. The number of amides is 1. The molecule has 0 aliphatic carbocycles. The van der Waals surface area contributed by atoms with E-state index in [9.17, 15) is 9.59 Å². The number of nitrogens with one attached hydrogen (secondary N) is 1. The third-order valence-electron chi connectivity index (χ3n) is 7.79. The van der Waals surface area contributed by atoms with E-state index in [1.165, 1.54) is 17.8 Å². The van der Waals surface area contributed by atoms with Crippen molar-refractivity contribution in [3.05, 3.63) is 72.6 Å². The monoisotopic (exact) mass is 534 g/mol. The molecule has 12 heteroatoms. The van der Waals surface area contributed by atoms with Gasteiger partial charge in [0.1, 0.15) is 23.5 Å². The SMILES string of the molecule is CC(=O)c1c(N2C3CCC2CN(C(=O)c2ncn[nH]2)C3)nc2c(-c3ccc(-c4ccccc4)nc3)cnn2c1N. The number of nitrogen functional groups attached to an aromatic ring is 1. The van der Waals surface area contributed by atoms with Crippen LogP contribution in [-0.2, 0) is 0 Å². The van der Waals surface area contributed by atoms with Gasteiger partial charge in [-0.15, -0.1) is 0 Å². The smallest absolute Gasteiger partial charge is 0.291 e. The van der Waals surface area contributed by atoms with E-state index in [-0.39, 0.29) is 35.4 Å². The molecule has 4 aromatic heterocycles. The number of rotatable bonds is 5. The molecular weight excluding hydrogens is 508 g/mol. The second kappa shape index (κ2) is 9.26. The van der Waals surface area contributed by atoms with Crippen molar-refractivity contribution in [3.63, 3.8) is 0 Å². The maximum absolute atomic E-state index is 13.0. The van der Waals surface area contributed by atoms with Crippen LogP contribution in [0.15, 0.2) is 61.2 Å². The van der Waals surface area contributed by atoms with E-state index in [0.717, 1.165) is 35.2 Å². The summed E-state index contributed by atoms with van der Waals surface area (Å²) in [7, 11) is 0. The lowest BCUT2D eigenvalue weighted by Gasteiger charge is -2.42. The molecule has 2 aliphatic heterocycles. The summed E-state index contributed by atoms with van der Waals surface area (Å²) in [6.07, 6.45) is 6.56. The summed E-state index contributed by atoms with van der Waals surface area (Å²) in [6, 6.07) is 13.9. The highest BCUT2D eigenvalue weighted by molar-refractivity contribution is 6.04. The van der Waals surface area contributed by atoms with Gasteiger partial charge >= 0.3 is 0 Å². The van der Waals surface area contributed by atoms with Crippen molar-refractivity contribution in [3.8, 4) is 22.4 Å². The first-order chi connectivity index (χ1) is 19.5. The number of anilines is 2. The van der Waals surface area contributed by atoms with Crippen LogP contribution in [0.1, 0.15) is 40.7 Å². The quantitative estimate of drug-likeness (QED) is 0.324. The Hall–Kier alpha value is -5.13. The molecule has 5 aromatic rings. The Morgan fingerprint density at radius 3 is 2.40 bits per heavy atom. The number of piperazine rings is 1. The zero-order valence-corrected chi connectivity index (χ0v) is 21.7. The molecule has 0 radical (unpaired) electrons. The van der Waals surface area contributed by atoms with Gasteiger partial charge < -0.3 is 15.5 Å². The van der Waals surface area contributed by atoms with Gasteiger partial charge in [-0.05, 0) is 25.8 Å². The number of ketones is 1. The number of fused-ring (bicyclic) bond motifs is 3. The molecule has 2 bridgehead atoms. The number of nitrogens with two attached hydrogens (primary N) is 1. The van der Waals surface area contributed by atoms with Crippen LogP contribution in [0, 0.1) is 0 Å². The van der Waals surface area contributed by atoms with Gasteiger partial charge in [0.25, 0.3) is 5.91 Å². The van der Waals surface area contributed by atoms with Crippen LogP contribution >= 0.6 is 0 Å². The number of hydrogen-bond donors (Lipinski definition) is 2. The lowest BCUT2D eigenvalue weighted by Crippen LogP contribution is -2.56. The minimum atomic E-state index is -0.188. The van der Waals surface area contributed by atoms with E-state index >= 15 is 0 Å². The second-order valence-corrected chi connectivity index (χ2v) is 10.2. The molecule has 2 fully saturated rings. The fourth-order valence-electron chi connectivity index (χ4n) is 5.94. The molecule has 1 aromatic carbocycles. The highest BCUT2D eigenvalue weighted by Gasteiger charge is 2.44. The van der Waals surface area contributed by atoms with Crippen LogP contribution in [0.2, 0.25) is 0 Å². The summed E-state index contributed by atoms with van der Waals surface area (Å²) in [4.78, 5) is 43.5. The summed E-state index contributed by atoms with van der Waals surface area (Å²) in [5, 5.41) is 10.9. The average Bonchev–Trinajstić information content (AvgIpc) is 3.71. The largest absolute Gasteiger partial charge is 0.383 e. The number of nitrogens with zero attached hydrogens (tertiary/aromatic N) is 8. The van der Waals surface area contributed by atoms with E-state index < -0.39 is 0 Å². The van der Waals surface area contributed by atoms with E-state index in [1.54, 1.807) is 17.3 Å². The lowest BCUT2D eigenvalue weighted by molar-refractivity contribution is 0.0705. The van der Waals surface area contributed by atoms with Crippen molar-refractivity contribution in [2.75, 3.05) is 23.7 Å². The summed E-state index contributed by atoms with van der Waals surface area (Å²) < 4.78 is 1.52. The van der Waals surface area contributed by atoms with Crippen molar-refractivity contribution < 1.29 is 9.59 Å². The van der Waals surface area contributed by atoms with Crippen molar-refractivity contribution in [2.45, 2.75) is 31.8 Å². The highest BCUT2D eigenvalue weighted by atomic mass is 16.2. The van der Waals surface area contributed by atoms with Gasteiger partial charge in [-0.2, -0.15) is 14.7 Å². The number of aromatic amines is 1. The molecule has 0 saturated carbocycles. The number of carbonyl (C=O) groups is 2. The van der Waals surface area contributed by atoms with Gasteiger partial charge in [0, 0.05) is 48.1 Å². The van der Waals surface area contributed by atoms with Gasteiger partial charge in [0.05, 0.1) is 11.9 Å². The summed E-state index contributed by atoms with van der Waals surface area (Å²) in [6.45, 7) is 2.46. The van der Waals surface area contributed by atoms with E-state index in [1.807, 2.05) is 42.5 Å². The van der Waals surface area contributed by atoms with Crippen LogP contribution < -0.4 is 10.6 Å². The Morgan fingerprint density at radius 2 is 1.75 bits per heavy atom. The van der Waals surface area contributed by atoms with Crippen LogP contribution in [-0.4, -0.2) is 76.5 Å². The van der Waals surface area contributed by atoms with E-state index in [0.29, 0.717) is 30.1 Å². The number of likely N-dealkylation sites (tertiary alicyclic amines) is 1. The number of pyridine rings is 1. The predicted molar refractivity (Wildman–Crippen MR) is 148 cm³/mol. The van der Waals surface area contributed by atoms with Crippen molar-refractivity contribution in [1.82, 2.24) is 39.7 Å². The Bertz CT molecular complexity index is 1720. The predicted octanol–water partition coefficient (Wildman–Crippen LogP) is 2.85. The van der Waals surface area contributed by atoms with E-state index in [4.69, 9.17) is 10.7 Å². The molecule has 200 valence electrons. The lowest BCUT2D eigenvalue weighted by atomic mass is 10.1. The zero-order valence-electron chi connectivity index (χ0n) is 21.7. The van der Waals surface area contributed by atoms with Crippen LogP contribution in [0.25, 0.3) is 28.0 Å². The highest BCUT2D eigenvalue weighted by Crippen LogP contribution is 2.39. The summed E-state index contributed by atoms with van der Waals surface area (Å²) in [5.41, 5.74) is 11.0. The first-order valence-corrected chi connectivity index (χ1v) is 13.1. The Labute approximate surface area is 228 Å². The molecule has 2 atom stereocenters. The number of Topliss-reactive ketones (excluding diaryl/α,β-unsaturated/α-hetero) is 1. The van der Waals surface area contributed by atoms with Gasteiger partial charge in [-0.1, -0.05) is 36.4 Å². The first kappa shape index (κ1) is 23.9. The fourth-order valence-corrected chi connectivity index (χ4v) is 5.94. The second-order valence-electron chi connectivity index (χ2n) is 10.2. The molecular formula is C28H26N10O2. The molecule has 0 spiro atoms. The molecule has 3 N–H and O–H groups in total. The first-order valence-electron chi connectivity index (χ1n) is 13.1. The van der Waals surface area contributed by atoms with Gasteiger partial charge in [0.15, 0.2) is 11.4 Å². The van der Waals surface area contributed by atoms with Gasteiger partial charge in [-0.25, -0.2) is 9.97 Å². The van der Waals surface area contributed by atoms with Crippen LogP contribution in [0.3, 0.4) is 0 Å². The molecule has 2 unspecified atom stereocenters. The van der Waals surface area contributed by atoms with Gasteiger partial charge in [0.2, 0.25) is 5.82 Å². The maximum atomic E-state index is 13.0. The average molecular weight is 535 g/mol. The maximum Gasteiger partial charge on any atom is 0.291 e. The number of aromatic nitrogens is 7. The Kier molecular flexibility index (Phi) is 5.54. The Morgan fingerprint density at radius 1 is 0.975 bits per heavy atom. The molecule has 2 aliphatic rings. The number of benzene rings is 1. The minimum Gasteiger partial charge on any atom is -0.383 e. The third-order valence-corrected chi connectivity index (χ3v) is 7.79. The fraction of sp³-hybridized carbons (Fsp3) is 0.250. The molecule has 1 amide bonds. The number of hydrogen-bond acceptors (Lipinski definition) is 9. The van der Waals surface area contributed by atoms with E-state index in [2.05, 4.69) is 30.2 Å². The van der Waals surface area contributed by atoms with Crippen molar-refractivity contribution >= 4 is 29.0 Å². The molecule has 2 saturated heterocycles. The standard InChI is InChI=1S/C28H26N10O2/c1-16(39)23-24(29)38-26(21(12-33-38)18-7-10-22(30-11-18)17-5-3-2-4-6-17)34-27(23)37-19-8-9-20(37)14-36(13-19)28(40)25-31-15-32-35-25/h2-7,10-12,15,19-20H,8-9,13-14,29H2,1H3,(H,31,32,35). The normalized spacial score (nSPS) is 18.4. The summed E-state index contributed by atoms with van der Waals surface area (Å²) >= 11 is 0. The minimum absolute atomic E-state index is 0.0173. The Balaban J connectivity index is 1.27. The molecule has 6 heterocycles. The molecule has 7 rings (SSSR count). The number of carbonyl (C=O) groups excluding carboxylic acids is 2. The third kappa shape index (κ3) is 3.79. The van der Waals surface area contributed by atoms with Crippen LogP contribution in [0.4, 0.5) is 11.6 Å².